The van der Waals surface area contributed by atoms with Crippen molar-refractivity contribution in [1.29, 1.82) is 0 Å². The van der Waals surface area contributed by atoms with Crippen molar-refractivity contribution in [1.82, 2.24) is 0 Å². The standard InChI is InChI=1S/C24H23N3O5S2/c1-15-20(24(30)32-11-10-31-2)23(34-21(15)22(25)29)27-19(28)14-26-17-6-3-5-16(13-17)8-9-18-7-4-12-33-18/h3-7,12-13,26H,10-11,14H2,1-2H3,(H2,25,29)(H,27,28). The van der Waals surface area contributed by atoms with Gasteiger partial charge in [-0.25, -0.2) is 4.79 Å². The van der Waals surface area contributed by atoms with Crippen molar-refractivity contribution in [2.24, 2.45) is 5.73 Å². The molecule has 0 bridgehead atoms. The molecule has 2 amide bonds. The van der Waals surface area contributed by atoms with Gasteiger partial charge in [-0.15, -0.1) is 22.7 Å². The molecule has 0 radical (unpaired) electrons. The maximum Gasteiger partial charge on any atom is 0.341 e. The number of hydrogen-bond acceptors (Lipinski definition) is 8. The van der Waals surface area contributed by atoms with Gasteiger partial charge in [0.1, 0.15) is 11.6 Å². The lowest BCUT2D eigenvalue weighted by Crippen LogP contribution is -2.22. The fourth-order valence-corrected chi connectivity index (χ4v) is 4.55. The second-order valence-electron chi connectivity index (χ2n) is 6.96. The van der Waals surface area contributed by atoms with Crippen molar-refractivity contribution in [3.63, 3.8) is 0 Å². The number of nitrogens with two attached hydrogens (primary N) is 1. The van der Waals surface area contributed by atoms with Crippen molar-refractivity contribution in [2.45, 2.75) is 6.92 Å². The van der Waals surface area contributed by atoms with Crippen molar-refractivity contribution in [2.75, 3.05) is 37.5 Å². The van der Waals surface area contributed by atoms with Gasteiger partial charge in [0.05, 0.1) is 28.5 Å². The van der Waals surface area contributed by atoms with E-state index < -0.39 is 17.8 Å². The molecule has 0 spiro atoms. The van der Waals surface area contributed by atoms with Gasteiger partial charge in [-0.05, 0) is 42.1 Å². The van der Waals surface area contributed by atoms with E-state index in [1.54, 1.807) is 18.3 Å². The maximum absolute atomic E-state index is 12.6. The second kappa shape index (κ2) is 12.0. The number of ether oxygens (including phenoxy) is 2. The number of methoxy groups -OCH3 is 1. The van der Waals surface area contributed by atoms with Crippen molar-refractivity contribution in [3.8, 4) is 11.8 Å². The SMILES string of the molecule is COCCOC(=O)c1c(NC(=O)CNc2cccc(C#Cc3cccs3)c2)sc(C(N)=O)c1C. The average molecular weight is 498 g/mol. The van der Waals surface area contributed by atoms with Crippen molar-refractivity contribution in [3.05, 3.63) is 68.2 Å². The van der Waals surface area contributed by atoms with Crippen LogP contribution >= 0.6 is 22.7 Å². The average Bonchev–Trinajstić information content (AvgIpc) is 3.44. The van der Waals surface area contributed by atoms with Crippen LogP contribution in [0.5, 0.6) is 0 Å². The van der Waals surface area contributed by atoms with Crippen LogP contribution in [0.25, 0.3) is 0 Å². The molecule has 0 atom stereocenters. The van der Waals surface area contributed by atoms with E-state index in [9.17, 15) is 14.4 Å². The molecular weight excluding hydrogens is 474 g/mol. The molecule has 2 aromatic heterocycles. The number of anilines is 2. The van der Waals surface area contributed by atoms with Gasteiger partial charge in [0.15, 0.2) is 0 Å². The summed E-state index contributed by atoms with van der Waals surface area (Å²) in [6.45, 7) is 1.78. The Hall–Kier alpha value is -3.65. The predicted molar refractivity (Wildman–Crippen MR) is 134 cm³/mol. The van der Waals surface area contributed by atoms with Crippen LogP contribution in [0.1, 0.15) is 36.0 Å². The first kappa shape index (κ1) is 25.0. The summed E-state index contributed by atoms with van der Waals surface area (Å²) < 4.78 is 10.0. The lowest BCUT2D eigenvalue weighted by Gasteiger charge is -2.09. The predicted octanol–water partition coefficient (Wildman–Crippen LogP) is 3.47. The molecular formula is C24H23N3O5S2. The number of carbonyl (C=O) groups excluding carboxylic acids is 3. The summed E-state index contributed by atoms with van der Waals surface area (Å²) >= 11 is 2.50. The molecule has 0 aliphatic heterocycles. The van der Waals surface area contributed by atoms with Gasteiger partial charge < -0.3 is 25.8 Å². The Kier molecular flexibility index (Phi) is 8.81. The third-order valence-electron chi connectivity index (χ3n) is 4.52. The monoisotopic (exact) mass is 497 g/mol. The van der Waals surface area contributed by atoms with E-state index in [1.165, 1.54) is 7.11 Å². The minimum Gasteiger partial charge on any atom is -0.460 e. The fourth-order valence-electron chi connectivity index (χ4n) is 2.92. The normalized spacial score (nSPS) is 10.2. The molecule has 0 aliphatic rings. The van der Waals surface area contributed by atoms with Crippen LogP contribution in [0.3, 0.4) is 0 Å². The van der Waals surface area contributed by atoms with Gasteiger partial charge in [-0.2, -0.15) is 0 Å². The summed E-state index contributed by atoms with van der Waals surface area (Å²) in [4.78, 5) is 38.0. The molecule has 2 heterocycles. The smallest absolute Gasteiger partial charge is 0.341 e. The highest BCUT2D eigenvalue weighted by Crippen LogP contribution is 2.33. The van der Waals surface area contributed by atoms with Gasteiger partial charge in [0.2, 0.25) is 5.91 Å². The van der Waals surface area contributed by atoms with E-state index in [0.29, 0.717) is 11.3 Å². The lowest BCUT2D eigenvalue weighted by atomic mass is 10.1. The Morgan fingerprint density at radius 2 is 1.94 bits per heavy atom. The van der Waals surface area contributed by atoms with Crippen LogP contribution < -0.4 is 16.4 Å². The van der Waals surface area contributed by atoms with Crippen LogP contribution in [0.15, 0.2) is 41.8 Å². The van der Waals surface area contributed by atoms with Crippen LogP contribution in [0.2, 0.25) is 0 Å². The highest BCUT2D eigenvalue weighted by atomic mass is 32.1. The topological polar surface area (TPSA) is 120 Å². The second-order valence-corrected chi connectivity index (χ2v) is 8.93. The number of thiophene rings is 2. The van der Waals surface area contributed by atoms with Gasteiger partial charge in [0.25, 0.3) is 5.91 Å². The molecule has 8 nitrogen and oxygen atoms in total. The minimum atomic E-state index is -0.687. The van der Waals surface area contributed by atoms with Crippen LogP contribution in [0, 0.1) is 18.8 Å². The number of rotatable bonds is 9. The Morgan fingerprint density at radius 3 is 2.65 bits per heavy atom. The summed E-state index contributed by atoms with van der Waals surface area (Å²) in [5.74, 6) is 4.42. The van der Waals surface area contributed by atoms with Crippen LogP contribution in [-0.4, -0.2) is 44.7 Å². The molecule has 34 heavy (non-hydrogen) atoms. The third kappa shape index (κ3) is 6.68. The molecule has 0 aliphatic carbocycles. The number of primary amides is 1. The molecule has 0 saturated carbocycles. The van der Waals surface area contributed by atoms with Gasteiger partial charge in [-0.3, -0.25) is 9.59 Å². The van der Waals surface area contributed by atoms with E-state index in [0.717, 1.165) is 21.8 Å². The summed E-state index contributed by atoms with van der Waals surface area (Å²) in [6, 6.07) is 11.3. The quantitative estimate of drug-likeness (QED) is 0.237. The maximum atomic E-state index is 12.6. The molecule has 3 aromatic rings. The first-order valence-corrected chi connectivity index (χ1v) is 11.9. The Balaban J connectivity index is 1.67. The van der Waals surface area contributed by atoms with Gasteiger partial charge in [0, 0.05) is 18.4 Å². The summed E-state index contributed by atoms with van der Waals surface area (Å²) in [7, 11) is 1.49. The zero-order valence-electron chi connectivity index (χ0n) is 18.6. The third-order valence-corrected chi connectivity index (χ3v) is 6.52. The Morgan fingerprint density at radius 1 is 1.12 bits per heavy atom. The van der Waals surface area contributed by atoms with Crippen LogP contribution in [0.4, 0.5) is 10.7 Å². The van der Waals surface area contributed by atoms with E-state index >= 15 is 0 Å². The first-order chi connectivity index (χ1) is 16.4. The van der Waals surface area contributed by atoms with E-state index in [4.69, 9.17) is 15.2 Å². The highest BCUT2D eigenvalue weighted by molar-refractivity contribution is 7.18. The van der Waals surface area contributed by atoms with Gasteiger partial charge >= 0.3 is 5.97 Å². The van der Waals surface area contributed by atoms with Crippen molar-refractivity contribution >= 4 is 51.1 Å². The van der Waals surface area contributed by atoms with Crippen molar-refractivity contribution < 1.29 is 23.9 Å². The number of esters is 1. The number of nitrogens with one attached hydrogen (secondary N) is 2. The number of benzene rings is 1. The number of carbonyl (C=O) groups is 3. The molecule has 10 heteroatoms. The van der Waals surface area contributed by atoms with Gasteiger partial charge in [-0.1, -0.05) is 24.0 Å². The number of amides is 2. The minimum absolute atomic E-state index is 0.0389. The summed E-state index contributed by atoms with van der Waals surface area (Å²) in [6.07, 6.45) is 0. The molecule has 4 N–H and O–H groups in total. The number of hydrogen-bond donors (Lipinski definition) is 3. The molecule has 0 unspecified atom stereocenters. The molecule has 0 fully saturated rings. The largest absolute Gasteiger partial charge is 0.460 e. The highest BCUT2D eigenvalue weighted by Gasteiger charge is 2.25. The first-order valence-electron chi connectivity index (χ1n) is 10.2. The molecule has 176 valence electrons. The molecule has 0 saturated heterocycles. The van der Waals surface area contributed by atoms with E-state index in [1.807, 2.05) is 41.8 Å². The summed E-state index contributed by atoms with van der Waals surface area (Å²) in [5.41, 5.74) is 7.41. The zero-order chi connectivity index (χ0) is 24.5. The Labute approximate surface area is 205 Å². The zero-order valence-corrected chi connectivity index (χ0v) is 20.2. The summed E-state index contributed by atoms with van der Waals surface area (Å²) in [5, 5.41) is 7.88. The van der Waals surface area contributed by atoms with Crippen LogP contribution in [-0.2, 0) is 14.3 Å². The fraction of sp³-hybridized carbons (Fsp3) is 0.208. The molecule has 3 rings (SSSR count). The Bertz CT molecular complexity index is 1240. The lowest BCUT2D eigenvalue weighted by molar-refractivity contribution is -0.114. The van der Waals surface area contributed by atoms with E-state index in [2.05, 4.69) is 22.5 Å². The van der Waals surface area contributed by atoms with E-state index in [-0.39, 0.29) is 35.2 Å². The molecule has 1 aromatic carbocycles.